The van der Waals surface area contributed by atoms with E-state index in [9.17, 15) is 4.79 Å². The second kappa shape index (κ2) is 4.94. The van der Waals surface area contributed by atoms with Crippen LogP contribution in [-0.2, 0) is 7.05 Å². The van der Waals surface area contributed by atoms with Gasteiger partial charge in [0.25, 0.3) is 5.91 Å². The number of carbonyl (C=O) groups is 1. The summed E-state index contributed by atoms with van der Waals surface area (Å²) in [4.78, 5) is 12.4. The highest BCUT2D eigenvalue weighted by atomic mass is 16.2. The number of anilines is 2. The molecular formula is C16H16N4O. The first-order chi connectivity index (χ1) is 10.1. The van der Waals surface area contributed by atoms with Gasteiger partial charge in [-0.25, -0.2) is 0 Å². The molecule has 106 valence electrons. The number of nitrogens with zero attached hydrogens (tertiary/aromatic N) is 2. The molecule has 0 radical (unpaired) electrons. The van der Waals surface area contributed by atoms with Gasteiger partial charge in [-0.1, -0.05) is 24.3 Å². The molecule has 0 saturated heterocycles. The van der Waals surface area contributed by atoms with Crippen molar-refractivity contribution in [3.8, 4) is 0 Å². The van der Waals surface area contributed by atoms with Crippen LogP contribution >= 0.6 is 0 Å². The third-order valence-electron chi connectivity index (χ3n) is 3.43. The maximum absolute atomic E-state index is 12.4. The Kier molecular flexibility index (Phi) is 3.10. The Labute approximate surface area is 122 Å². The number of carbonyl (C=O) groups excluding carboxylic acids is 1. The fourth-order valence-corrected chi connectivity index (χ4v) is 2.36. The lowest BCUT2D eigenvalue weighted by Crippen LogP contribution is -2.14. The van der Waals surface area contributed by atoms with Crippen LogP contribution in [0.2, 0.25) is 0 Å². The zero-order valence-corrected chi connectivity index (χ0v) is 11.9. The number of fused-ring (bicyclic) bond motifs is 1. The number of rotatable bonds is 2. The van der Waals surface area contributed by atoms with Gasteiger partial charge in [-0.3, -0.25) is 9.48 Å². The summed E-state index contributed by atoms with van der Waals surface area (Å²) in [6.45, 7) is 1.95. The van der Waals surface area contributed by atoms with Crippen molar-refractivity contribution >= 4 is 28.2 Å². The Morgan fingerprint density at radius 1 is 1.24 bits per heavy atom. The maximum Gasteiger partial charge on any atom is 0.276 e. The van der Waals surface area contributed by atoms with Gasteiger partial charge >= 0.3 is 0 Å². The molecule has 3 aromatic rings. The number of nitrogen functional groups attached to an aromatic ring is 1. The van der Waals surface area contributed by atoms with E-state index in [1.54, 1.807) is 10.7 Å². The van der Waals surface area contributed by atoms with Crippen LogP contribution in [0.15, 0.2) is 42.5 Å². The monoisotopic (exact) mass is 280 g/mol. The van der Waals surface area contributed by atoms with E-state index in [0.29, 0.717) is 17.1 Å². The van der Waals surface area contributed by atoms with E-state index >= 15 is 0 Å². The van der Waals surface area contributed by atoms with Crippen LogP contribution in [-0.4, -0.2) is 15.7 Å². The fraction of sp³-hybridized carbons (Fsp3) is 0.125. The van der Waals surface area contributed by atoms with Gasteiger partial charge in [0, 0.05) is 12.4 Å². The van der Waals surface area contributed by atoms with E-state index in [2.05, 4.69) is 10.4 Å². The lowest BCUT2D eigenvalue weighted by atomic mass is 10.1. The number of nitrogens with one attached hydrogen (secondary N) is 1. The Morgan fingerprint density at radius 2 is 2.00 bits per heavy atom. The van der Waals surface area contributed by atoms with Gasteiger partial charge in [0.15, 0.2) is 5.69 Å². The van der Waals surface area contributed by atoms with Crippen molar-refractivity contribution in [2.75, 3.05) is 11.1 Å². The molecule has 0 aliphatic heterocycles. The van der Waals surface area contributed by atoms with Crippen LogP contribution in [0, 0.1) is 6.92 Å². The van der Waals surface area contributed by atoms with Crippen molar-refractivity contribution < 1.29 is 4.79 Å². The van der Waals surface area contributed by atoms with E-state index in [1.165, 1.54) is 0 Å². The van der Waals surface area contributed by atoms with Gasteiger partial charge < -0.3 is 11.1 Å². The summed E-state index contributed by atoms with van der Waals surface area (Å²) in [6, 6.07) is 13.2. The normalized spacial score (nSPS) is 10.8. The molecule has 0 spiro atoms. The van der Waals surface area contributed by atoms with E-state index in [1.807, 2.05) is 50.4 Å². The van der Waals surface area contributed by atoms with Gasteiger partial charge in [0.1, 0.15) is 0 Å². The fourth-order valence-electron chi connectivity index (χ4n) is 2.36. The maximum atomic E-state index is 12.4. The standard InChI is InChI=1S/C16H16N4O/c1-10-7-8-13(12(17)9-10)18-16(21)15-11-5-3-4-6-14(11)20(2)19-15/h3-9H,17H2,1-2H3,(H,18,21). The number of benzene rings is 2. The predicted molar refractivity (Wildman–Crippen MR) is 84.3 cm³/mol. The molecule has 5 nitrogen and oxygen atoms in total. The second-order valence-electron chi connectivity index (χ2n) is 5.03. The van der Waals surface area contributed by atoms with Crippen molar-refractivity contribution in [3.63, 3.8) is 0 Å². The van der Waals surface area contributed by atoms with Crippen molar-refractivity contribution in [1.82, 2.24) is 9.78 Å². The summed E-state index contributed by atoms with van der Waals surface area (Å²) in [5.74, 6) is -0.262. The molecule has 3 N–H and O–H groups in total. The van der Waals surface area contributed by atoms with Crippen LogP contribution in [0.5, 0.6) is 0 Å². The summed E-state index contributed by atoms with van der Waals surface area (Å²) in [7, 11) is 1.82. The molecule has 0 unspecified atom stereocenters. The van der Waals surface area contributed by atoms with Crippen LogP contribution in [0.4, 0.5) is 11.4 Å². The molecule has 0 fully saturated rings. The van der Waals surface area contributed by atoms with Gasteiger partial charge in [0.05, 0.1) is 16.9 Å². The molecule has 1 heterocycles. The van der Waals surface area contributed by atoms with Crippen LogP contribution in [0.3, 0.4) is 0 Å². The van der Waals surface area contributed by atoms with E-state index in [0.717, 1.165) is 16.5 Å². The third kappa shape index (κ3) is 2.33. The average molecular weight is 280 g/mol. The van der Waals surface area contributed by atoms with Crippen molar-refractivity contribution in [1.29, 1.82) is 0 Å². The van der Waals surface area contributed by atoms with Crippen LogP contribution in [0.1, 0.15) is 16.1 Å². The molecule has 0 aliphatic rings. The SMILES string of the molecule is Cc1ccc(NC(=O)c2nn(C)c3ccccc23)c(N)c1. The summed E-state index contributed by atoms with van der Waals surface area (Å²) >= 11 is 0. The molecule has 3 rings (SSSR count). The smallest absolute Gasteiger partial charge is 0.276 e. The second-order valence-corrected chi connectivity index (χ2v) is 5.03. The largest absolute Gasteiger partial charge is 0.397 e. The molecule has 0 saturated carbocycles. The quantitative estimate of drug-likeness (QED) is 0.709. The first-order valence-electron chi connectivity index (χ1n) is 6.65. The number of aromatic nitrogens is 2. The number of hydrogen-bond acceptors (Lipinski definition) is 3. The molecule has 0 atom stereocenters. The molecule has 21 heavy (non-hydrogen) atoms. The van der Waals surface area contributed by atoms with Crippen molar-refractivity contribution in [2.24, 2.45) is 7.05 Å². The number of para-hydroxylation sites is 1. The lowest BCUT2D eigenvalue weighted by Gasteiger charge is -2.07. The van der Waals surface area contributed by atoms with Gasteiger partial charge in [-0.15, -0.1) is 0 Å². The minimum absolute atomic E-state index is 0.262. The predicted octanol–water partition coefficient (Wildman–Crippen LogP) is 2.72. The van der Waals surface area contributed by atoms with E-state index in [-0.39, 0.29) is 5.91 Å². The third-order valence-corrected chi connectivity index (χ3v) is 3.43. The molecule has 2 aromatic carbocycles. The minimum Gasteiger partial charge on any atom is -0.397 e. The molecule has 1 amide bonds. The number of amides is 1. The van der Waals surface area contributed by atoms with Crippen molar-refractivity contribution in [2.45, 2.75) is 6.92 Å². The zero-order valence-electron chi connectivity index (χ0n) is 11.9. The highest BCUT2D eigenvalue weighted by Crippen LogP contribution is 2.22. The zero-order chi connectivity index (χ0) is 15.0. The summed E-state index contributed by atoms with van der Waals surface area (Å²) in [5, 5.41) is 7.94. The Balaban J connectivity index is 1.98. The van der Waals surface area contributed by atoms with Crippen LogP contribution < -0.4 is 11.1 Å². The highest BCUT2D eigenvalue weighted by Gasteiger charge is 2.16. The molecular weight excluding hydrogens is 264 g/mol. The number of hydrogen-bond donors (Lipinski definition) is 2. The molecule has 1 aromatic heterocycles. The molecule has 5 heteroatoms. The van der Waals surface area contributed by atoms with Gasteiger partial charge in [-0.05, 0) is 30.7 Å². The lowest BCUT2D eigenvalue weighted by molar-refractivity contribution is 0.102. The topological polar surface area (TPSA) is 72.9 Å². The highest BCUT2D eigenvalue weighted by molar-refractivity contribution is 6.12. The Hall–Kier alpha value is -2.82. The average Bonchev–Trinajstić information content (AvgIpc) is 2.80. The van der Waals surface area contributed by atoms with Gasteiger partial charge in [-0.2, -0.15) is 5.10 Å². The molecule has 0 aliphatic carbocycles. The van der Waals surface area contributed by atoms with Crippen LogP contribution in [0.25, 0.3) is 10.9 Å². The summed E-state index contributed by atoms with van der Waals surface area (Å²) in [5.41, 5.74) is 9.43. The summed E-state index contributed by atoms with van der Waals surface area (Å²) < 4.78 is 1.70. The van der Waals surface area contributed by atoms with E-state index < -0.39 is 0 Å². The minimum atomic E-state index is -0.262. The van der Waals surface area contributed by atoms with Crippen molar-refractivity contribution in [3.05, 3.63) is 53.7 Å². The number of aryl methyl sites for hydroxylation is 2. The summed E-state index contributed by atoms with van der Waals surface area (Å²) in [6.07, 6.45) is 0. The number of nitrogens with two attached hydrogens (primary N) is 1. The first kappa shape index (κ1) is 13.2. The first-order valence-corrected chi connectivity index (χ1v) is 6.65. The van der Waals surface area contributed by atoms with E-state index in [4.69, 9.17) is 5.73 Å². The molecule has 0 bridgehead atoms. The van der Waals surface area contributed by atoms with Gasteiger partial charge in [0.2, 0.25) is 0 Å². The Bertz CT molecular complexity index is 835. The Morgan fingerprint density at radius 3 is 2.76 bits per heavy atom.